The molecule has 238 valence electrons. The van der Waals surface area contributed by atoms with Crippen molar-refractivity contribution >= 4 is 74.2 Å². The number of thiophene rings is 1. The number of anilines is 1. The summed E-state index contributed by atoms with van der Waals surface area (Å²) in [4.78, 5) is 55.3. The largest absolute Gasteiger partial charge is 0.454 e. The molecule has 0 saturated carbocycles. The second-order valence-corrected chi connectivity index (χ2v) is 15.2. The van der Waals surface area contributed by atoms with Crippen LogP contribution >= 0.6 is 34.7 Å². The van der Waals surface area contributed by atoms with Crippen molar-refractivity contribution in [1.82, 2.24) is 9.62 Å². The molecule has 1 saturated heterocycles. The summed E-state index contributed by atoms with van der Waals surface area (Å²) in [7, 11) is -4.61. The maximum atomic E-state index is 14.4. The van der Waals surface area contributed by atoms with Gasteiger partial charge < -0.3 is 15.4 Å². The van der Waals surface area contributed by atoms with Gasteiger partial charge in [-0.2, -0.15) is 8.79 Å². The summed E-state index contributed by atoms with van der Waals surface area (Å²) in [6.07, 6.45) is 0.0271. The van der Waals surface area contributed by atoms with Crippen molar-refractivity contribution in [1.29, 1.82) is 0 Å². The summed E-state index contributed by atoms with van der Waals surface area (Å²) in [5.41, 5.74) is 1.30. The number of nitrogens with one attached hydrogen (secondary N) is 2. The summed E-state index contributed by atoms with van der Waals surface area (Å²) in [6, 6.07) is 13.6. The molecule has 2 N–H and O–H groups in total. The van der Waals surface area contributed by atoms with Gasteiger partial charge in [0, 0.05) is 21.3 Å². The van der Waals surface area contributed by atoms with Gasteiger partial charge in [0.25, 0.3) is 10.0 Å². The van der Waals surface area contributed by atoms with E-state index in [2.05, 4.69) is 17.2 Å². The standard InChI is InChI=1S/C31H27ClN4O7S3/c1-3-14-43-30(39)26-23-17-45-29-25(34-24(37)16-21-5-4-15-44-21)28(38)36(26,29)27(23)35(31(40)33-20-10-8-19(32)9-11-20)46(41,42)22-12-6-18(2)7-13-22/h3-13,15,25,27,29H,1,14,16-17H2,2H3,(H-,33,34,37,40)/p+1/t25-,27?,29+,36?/m1/s1. The van der Waals surface area contributed by atoms with Gasteiger partial charge in [0.05, 0.1) is 16.9 Å². The molecular formula is C31H28ClN4O7S3+. The van der Waals surface area contributed by atoms with E-state index in [0.29, 0.717) is 9.33 Å². The number of nitrogens with zero attached hydrogens (tertiary/aromatic N) is 2. The molecule has 11 nitrogen and oxygen atoms in total. The number of sulfonamides is 1. The Balaban J connectivity index is 1.42. The van der Waals surface area contributed by atoms with Crippen molar-refractivity contribution in [2.45, 2.75) is 35.8 Å². The summed E-state index contributed by atoms with van der Waals surface area (Å²) in [5.74, 6) is -1.73. The zero-order chi connectivity index (χ0) is 32.8. The van der Waals surface area contributed by atoms with Gasteiger partial charge in [-0.05, 0) is 54.8 Å². The first-order valence-corrected chi connectivity index (χ1v) is 17.8. The minimum absolute atomic E-state index is 0.0345. The highest BCUT2D eigenvalue weighted by Gasteiger charge is 2.82. The zero-order valence-electron chi connectivity index (χ0n) is 24.3. The van der Waals surface area contributed by atoms with Gasteiger partial charge in [-0.1, -0.05) is 59.8 Å². The third-order valence-corrected chi connectivity index (χ3v) is 12.3. The Hall–Kier alpha value is -3.95. The van der Waals surface area contributed by atoms with Gasteiger partial charge in [0.15, 0.2) is 5.37 Å². The van der Waals surface area contributed by atoms with Crippen molar-refractivity contribution < 1.29 is 36.8 Å². The van der Waals surface area contributed by atoms with Crippen LogP contribution < -0.4 is 10.6 Å². The van der Waals surface area contributed by atoms with E-state index in [9.17, 15) is 27.6 Å². The van der Waals surface area contributed by atoms with Crippen LogP contribution in [0.3, 0.4) is 0 Å². The van der Waals surface area contributed by atoms with Crippen LogP contribution in [0.1, 0.15) is 10.4 Å². The van der Waals surface area contributed by atoms with Gasteiger partial charge in [-0.25, -0.2) is 22.8 Å². The van der Waals surface area contributed by atoms with E-state index in [4.69, 9.17) is 16.3 Å². The maximum Gasteiger partial charge on any atom is 0.394 e. The van der Waals surface area contributed by atoms with E-state index in [-0.39, 0.29) is 40.6 Å². The van der Waals surface area contributed by atoms with Crippen molar-refractivity contribution in [3.8, 4) is 0 Å². The molecule has 6 rings (SSSR count). The molecule has 3 aromatic rings. The highest BCUT2D eigenvalue weighted by atomic mass is 35.5. The molecule has 4 amide bonds. The van der Waals surface area contributed by atoms with Crippen molar-refractivity contribution in [3.05, 3.63) is 105 Å². The molecule has 1 aromatic heterocycles. The number of benzene rings is 2. The molecule has 2 bridgehead atoms. The minimum atomic E-state index is -4.61. The van der Waals surface area contributed by atoms with E-state index in [1.807, 2.05) is 11.4 Å². The molecule has 2 aromatic carbocycles. The number of esters is 1. The first-order chi connectivity index (χ1) is 22.0. The van der Waals surface area contributed by atoms with Gasteiger partial charge in [-0.15, -0.1) is 11.3 Å². The number of thioether (sulfide) groups is 1. The summed E-state index contributed by atoms with van der Waals surface area (Å²) in [5, 5.41) is 6.84. The number of aryl methyl sites for hydroxylation is 1. The fourth-order valence-corrected chi connectivity index (χ4v) is 9.84. The van der Waals surface area contributed by atoms with Gasteiger partial charge >= 0.3 is 17.9 Å². The Morgan fingerprint density at radius 1 is 1.13 bits per heavy atom. The average molecular weight is 700 g/mol. The van der Waals surface area contributed by atoms with Crippen LogP contribution in [0, 0.1) is 6.92 Å². The topological polar surface area (TPSA) is 139 Å². The summed E-state index contributed by atoms with van der Waals surface area (Å²) >= 11 is 8.71. The quantitative estimate of drug-likeness (QED) is 0.137. The molecule has 46 heavy (non-hydrogen) atoms. The Morgan fingerprint density at radius 2 is 1.85 bits per heavy atom. The normalized spacial score (nSPS) is 22.9. The molecular weight excluding hydrogens is 672 g/mol. The molecule has 0 aliphatic carbocycles. The Labute approximate surface area is 278 Å². The average Bonchev–Trinajstić information content (AvgIpc) is 3.54. The van der Waals surface area contributed by atoms with Crippen LogP contribution in [0.15, 0.2) is 94.9 Å². The molecule has 1 fully saturated rings. The minimum Gasteiger partial charge on any atom is -0.454 e. The van der Waals surface area contributed by atoms with Crippen LogP contribution in [0.5, 0.6) is 0 Å². The fraction of sp³-hybridized carbons (Fsp3) is 0.226. The smallest absolute Gasteiger partial charge is 0.394 e. The number of ether oxygens (including phenoxy) is 1. The molecule has 4 atom stereocenters. The van der Waals surface area contributed by atoms with Gasteiger partial charge in [0.1, 0.15) is 6.61 Å². The van der Waals surface area contributed by atoms with E-state index in [1.165, 1.54) is 65.6 Å². The lowest BCUT2D eigenvalue weighted by atomic mass is 9.84. The number of carbonyl (C=O) groups excluding carboxylic acids is 4. The number of urea groups is 1. The molecule has 3 aliphatic rings. The Morgan fingerprint density at radius 3 is 2.50 bits per heavy atom. The number of rotatable bonds is 10. The van der Waals surface area contributed by atoms with Crippen molar-refractivity contribution in [2.24, 2.45) is 0 Å². The zero-order valence-corrected chi connectivity index (χ0v) is 27.5. The molecule has 3 aliphatic heterocycles. The lowest BCUT2D eigenvalue weighted by Crippen LogP contribution is -2.91. The van der Waals surface area contributed by atoms with Crippen LogP contribution in [0.4, 0.5) is 10.5 Å². The Bertz CT molecular complexity index is 1880. The van der Waals surface area contributed by atoms with Gasteiger partial charge in [-0.3, -0.25) is 4.79 Å². The van der Waals surface area contributed by atoms with E-state index < -0.39 is 55.9 Å². The van der Waals surface area contributed by atoms with Crippen LogP contribution in [-0.2, 0) is 35.6 Å². The predicted octanol–water partition coefficient (Wildman–Crippen LogP) is 4.41. The molecule has 15 heteroatoms. The first kappa shape index (κ1) is 32.0. The number of amides is 4. The number of halogens is 1. The number of hydrogen-bond donors (Lipinski definition) is 2. The first-order valence-electron chi connectivity index (χ1n) is 14.1. The van der Waals surface area contributed by atoms with Crippen LogP contribution in [0.25, 0.3) is 0 Å². The third-order valence-electron chi connectivity index (χ3n) is 7.95. The monoisotopic (exact) mass is 699 g/mol. The van der Waals surface area contributed by atoms with Crippen LogP contribution in [-0.4, -0.2) is 71.0 Å². The lowest BCUT2D eigenvalue weighted by Gasteiger charge is -2.65. The third kappa shape index (κ3) is 5.23. The van der Waals surface area contributed by atoms with E-state index in [0.717, 1.165) is 10.4 Å². The number of β-lactam (4-membered cyclic amide) rings is 1. The molecule has 2 unspecified atom stereocenters. The van der Waals surface area contributed by atoms with E-state index in [1.54, 1.807) is 25.1 Å². The Kier molecular flexibility index (Phi) is 8.59. The molecule has 4 heterocycles. The highest BCUT2D eigenvalue weighted by Crippen LogP contribution is 2.60. The SMILES string of the molecule is C=CCOC(=O)C1=C2CS[C@H]3[C@H](NC(=O)Cc4cccs4)C(=O)[N+]13C2N(C(=O)Nc1ccc(Cl)cc1)S(=O)(=O)c1ccc(C)cc1. The summed E-state index contributed by atoms with van der Waals surface area (Å²) in [6.45, 7) is 5.21. The number of quaternary nitrogens is 1. The molecule has 1 spiro atoms. The van der Waals surface area contributed by atoms with E-state index >= 15 is 0 Å². The maximum absolute atomic E-state index is 14.4. The number of hydrogen-bond acceptors (Lipinski definition) is 9. The number of carbonyl (C=O) groups is 4. The van der Waals surface area contributed by atoms with Crippen molar-refractivity contribution in [2.75, 3.05) is 17.7 Å². The van der Waals surface area contributed by atoms with Gasteiger partial charge in [0.2, 0.25) is 23.8 Å². The fourth-order valence-electron chi connectivity index (χ4n) is 5.93. The second-order valence-electron chi connectivity index (χ2n) is 10.8. The highest BCUT2D eigenvalue weighted by molar-refractivity contribution is 8.00. The second kappa shape index (κ2) is 12.3. The van der Waals surface area contributed by atoms with Crippen molar-refractivity contribution in [3.63, 3.8) is 0 Å². The van der Waals surface area contributed by atoms with Crippen LogP contribution in [0.2, 0.25) is 5.02 Å². The summed E-state index contributed by atoms with van der Waals surface area (Å²) < 4.78 is 33.9. The predicted molar refractivity (Wildman–Crippen MR) is 174 cm³/mol. The molecule has 0 radical (unpaired) electrons. The lowest BCUT2D eigenvalue weighted by molar-refractivity contribution is -0.902.